The molecular formula is C23H27NO5. The molecule has 2 aromatic rings. The predicted octanol–water partition coefficient (Wildman–Crippen LogP) is 2.37. The van der Waals surface area contributed by atoms with Gasteiger partial charge in [-0.15, -0.1) is 6.42 Å². The molecule has 2 rings (SSSR count). The Morgan fingerprint density at radius 1 is 1.14 bits per heavy atom. The van der Waals surface area contributed by atoms with Gasteiger partial charge in [0.25, 0.3) is 5.91 Å². The maximum absolute atomic E-state index is 12.0. The van der Waals surface area contributed by atoms with Crippen LogP contribution in [-0.4, -0.2) is 44.0 Å². The van der Waals surface area contributed by atoms with Crippen LogP contribution in [0.5, 0.6) is 17.2 Å². The van der Waals surface area contributed by atoms with Crippen molar-refractivity contribution in [2.24, 2.45) is 0 Å². The molecule has 154 valence electrons. The molecule has 0 aromatic heterocycles. The van der Waals surface area contributed by atoms with Gasteiger partial charge in [0.05, 0.1) is 7.11 Å². The minimum absolute atomic E-state index is 0.105. The number of carbonyl (C=O) groups excluding carboxylic acids is 1. The highest BCUT2D eigenvalue weighted by molar-refractivity contribution is 5.80. The van der Waals surface area contributed by atoms with E-state index in [2.05, 4.69) is 18.2 Å². The van der Waals surface area contributed by atoms with Crippen molar-refractivity contribution >= 4 is 5.91 Å². The van der Waals surface area contributed by atoms with Crippen LogP contribution in [0.2, 0.25) is 0 Å². The number of amides is 1. The maximum atomic E-state index is 12.0. The number of benzene rings is 2. The molecule has 1 amide bonds. The highest BCUT2D eigenvalue weighted by Crippen LogP contribution is 2.28. The summed E-state index contributed by atoms with van der Waals surface area (Å²) in [5, 5.41) is 12.7. The largest absolute Gasteiger partial charge is 0.493 e. The minimum atomic E-state index is -1.24. The Hall–Kier alpha value is -3.17. The SMILES string of the molecule is C#CCOc1ccc(CCNC(=O)[C@H](O)COc2ccc(CC)cc2)cc1OC. The van der Waals surface area contributed by atoms with Gasteiger partial charge in [-0.25, -0.2) is 0 Å². The van der Waals surface area contributed by atoms with Crippen molar-refractivity contribution in [3.8, 4) is 29.6 Å². The number of carbonyl (C=O) groups is 1. The second-order valence-corrected chi connectivity index (χ2v) is 6.34. The molecule has 6 heteroatoms. The van der Waals surface area contributed by atoms with Crippen LogP contribution >= 0.6 is 0 Å². The molecule has 0 aliphatic heterocycles. The first-order chi connectivity index (χ1) is 14.1. The number of hydrogen-bond acceptors (Lipinski definition) is 5. The zero-order chi connectivity index (χ0) is 21.1. The average Bonchev–Trinajstić information content (AvgIpc) is 2.76. The predicted molar refractivity (Wildman–Crippen MR) is 111 cm³/mol. The lowest BCUT2D eigenvalue weighted by atomic mass is 10.1. The van der Waals surface area contributed by atoms with E-state index < -0.39 is 12.0 Å². The standard InChI is InChI=1S/C23H27NO5/c1-4-14-28-21-11-8-18(15-22(21)27-3)12-13-24-23(26)20(25)16-29-19-9-6-17(5-2)7-10-19/h1,6-11,15,20,25H,5,12-14,16H2,2-3H3,(H,24,26)/t20-/m1/s1. The fourth-order valence-corrected chi connectivity index (χ4v) is 2.63. The van der Waals surface area contributed by atoms with Crippen LogP contribution < -0.4 is 19.5 Å². The molecule has 0 bridgehead atoms. The molecule has 0 saturated carbocycles. The Morgan fingerprint density at radius 3 is 2.52 bits per heavy atom. The lowest BCUT2D eigenvalue weighted by Crippen LogP contribution is -2.39. The highest BCUT2D eigenvalue weighted by atomic mass is 16.5. The summed E-state index contributed by atoms with van der Waals surface area (Å²) in [6.45, 7) is 2.50. The topological polar surface area (TPSA) is 77.0 Å². The third-order valence-corrected chi connectivity index (χ3v) is 4.29. The zero-order valence-electron chi connectivity index (χ0n) is 16.8. The number of aliphatic hydroxyl groups is 1. The summed E-state index contributed by atoms with van der Waals surface area (Å²) < 4.78 is 16.2. The summed E-state index contributed by atoms with van der Waals surface area (Å²) in [6, 6.07) is 13.1. The van der Waals surface area contributed by atoms with Crippen LogP contribution in [0.4, 0.5) is 0 Å². The molecule has 0 aliphatic carbocycles. The molecule has 0 unspecified atom stereocenters. The van der Waals surface area contributed by atoms with Crippen molar-refractivity contribution in [1.82, 2.24) is 5.32 Å². The van der Waals surface area contributed by atoms with Gasteiger partial charge in [-0.1, -0.05) is 31.0 Å². The molecule has 1 atom stereocenters. The molecule has 6 nitrogen and oxygen atoms in total. The van der Waals surface area contributed by atoms with E-state index in [1.165, 1.54) is 5.56 Å². The van der Waals surface area contributed by atoms with Crippen LogP contribution in [0.15, 0.2) is 42.5 Å². The summed E-state index contributed by atoms with van der Waals surface area (Å²) in [6.07, 6.45) is 5.47. The summed E-state index contributed by atoms with van der Waals surface area (Å²) >= 11 is 0. The zero-order valence-corrected chi connectivity index (χ0v) is 16.8. The van der Waals surface area contributed by atoms with Gasteiger partial charge in [-0.05, 0) is 48.2 Å². The molecule has 0 aliphatic rings. The van der Waals surface area contributed by atoms with E-state index in [0.717, 1.165) is 12.0 Å². The van der Waals surface area contributed by atoms with Gasteiger partial charge in [0.2, 0.25) is 0 Å². The fraction of sp³-hybridized carbons (Fsp3) is 0.348. The molecule has 29 heavy (non-hydrogen) atoms. The number of rotatable bonds is 11. The normalized spacial score (nSPS) is 11.2. The molecule has 2 N–H and O–H groups in total. The first kappa shape index (κ1) is 22.1. The van der Waals surface area contributed by atoms with Gasteiger partial charge in [0.1, 0.15) is 19.0 Å². The lowest BCUT2D eigenvalue weighted by molar-refractivity contribution is -0.130. The van der Waals surface area contributed by atoms with Crippen molar-refractivity contribution in [2.45, 2.75) is 25.9 Å². The number of hydrogen-bond donors (Lipinski definition) is 2. The van der Waals surface area contributed by atoms with Crippen molar-refractivity contribution < 1.29 is 24.1 Å². The van der Waals surface area contributed by atoms with Gasteiger partial charge in [-0.2, -0.15) is 0 Å². The van der Waals surface area contributed by atoms with Crippen molar-refractivity contribution in [2.75, 3.05) is 26.9 Å². The van der Waals surface area contributed by atoms with Crippen molar-refractivity contribution in [3.05, 3.63) is 53.6 Å². The summed E-state index contributed by atoms with van der Waals surface area (Å²) in [5.41, 5.74) is 2.15. The molecule has 0 fully saturated rings. The van der Waals surface area contributed by atoms with E-state index in [4.69, 9.17) is 20.6 Å². The van der Waals surface area contributed by atoms with Gasteiger partial charge < -0.3 is 24.6 Å². The van der Waals surface area contributed by atoms with E-state index >= 15 is 0 Å². The van der Waals surface area contributed by atoms with E-state index in [-0.39, 0.29) is 13.2 Å². The number of methoxy groups -OCH3 is 1. The third-order valence-electron chi connectivity index (χ3n) is 4.29. The van der Waals surface area contributed by atoms with Crippen molar-refractivity contribution in [1.29, 1.82) is 0 Å². The third kappa shape index (κ3) is 7.05. The molecule has 0 spiro atoms. The molecule has 0 saturated heterocycles. The van der Waals surface area contributed by atoms with Crippen LogP contribution in [0.25, 0.3) is 0 Å². The Morgan fingerprint density at radius 2 is 1.86 bits per heavy atom. The van der Waals surface area contributed by atoms with Gasteiger partial charge >= 0.3 is 0 Å². The number of aliphatic hydroxyl groups excluding tert-OH is 1. The quantitative estimate of drug-likeness (QED) is 0.570. The molecule has 0 radical (unpaired) electrons. The van der Waals surface area contributed by atoms with E-state index in [1.807, 2.05) is 36.4 Å². The van der Waals surface area contributed by atoms with E-state index in [1.54, 1.807) is 13.2 Å². The monoisotopic (exact) mass is 397 g/mol. The molecular weight excluding hydrogens is 370 g/mol. The lowest BCUT2D eigenvalue weighted by Gasteiger charge is -2.14. The first-order valence-corrected chi connectivity index (χ1v) is 9.48. The van der Waals surface area contributed by atoms with Gasteiger partial charge in [-0.3, -0.25) is 4.79 Å². The second kappa shape index (κ2) is 11.6. The second-order valence-electron chi connectivity index (χ2n) is 6.34. The van der Waals surface area contributed by atoms with Crippen LogP contribution in [-0.2, 0) is 17.6 Å². The summed E-state index contributed by atoms with van der Waals surface area (Å²) in [7, 11) is 1.55. The Bertz CT molecular complexity index is 826. The Kier molecular flexibility index (Phi) is 8.87. The van der Waals surface area contributed by atoms with Crippen LogP contribution in [0.1, 0.15) is 18.1 Å². The van der Waals surface area contributed by atoms with Crippen LogP contribution in [0, 0.1) is 12.3 Å². The number of terminal acetylenes is 1. The highest BCUT2D eigenvalue weighted by Gasteiger charge is 2.15. The minimum Gasteiger partial charge on any atom is -0.493 e. The first-order valence-electron chi connectivity index (χ1n) is 9.48. The maximum Gasteiger partial charge on any atom is 0.252 e. The number of nitrogens with one attached hydrogen (secondary N) is 1. The summed E-state index contributed by atoms with van der Waals surface area (Å²) in [4.78, 5) is 12.0. The smallest absolute Gasteiger partial charge is 0.252 e. The summed E-state index contributed by atoms with van der Waals surface area (Å²) in [5.74, 6) is 3.69. The van der Waals surface area contributed by atoms with Crippen molar-refractivity contribution in [3.63, 3.8) is 0 Å². The van der Waals surface area contributed by atoms with E-state index in [9.17, 15) is 9.90 Å². The van der Waals surface area contributed by atoms with Gasteiger partial charge in [0, 0.05) is 6.54 Å². The molecule has 2 aromatic carbocycles. The number of aryl methyl sites for hydroxylation is 1. The van der Waals surface area contributed by atoms with Crippen LogP contribution in [0.3, 0.4) is 0 Å². The number of ether oxygens (including phenoxy) is 3. The average molecular weight is 397 g/mol. The Balaban J connectivity index is 1.77. The fourth-order valence-electron chi connectivity index (χ4n) is 2.63. The molecule has 0 heterocycles. The Labute approximate surface area is 171 Å². The van der Waals surface area contributed by atoms with Gasteiger partial charge in [0.15, 0.2) is 17.6 Å². The van der Waals surface area contributed by atoms with E-state index in [0.29, 0.717) is 30.2 Å².